The van der Waals surface area contributed by atoms with Crippen LogP contribution in [0.5, 0.6) is 0 Å². The number of nitrogens with one attached hydrogen (secondary N) is 1. The second kappa shape index (κ2) is 7.00. The highest BCUT2D eigenvalue weighted by Crippen LogP contribution is 2.18. The molecule has 1 atom stereocenters. The fourth-order valence-corrected chi connectivity index (χ4v) is 3.72. The molecular weight excluding hydrogens is 326 g/mol. The maximum absolute atomic E-state index is 11.3. The second-order valence-corrected chi connectivity index (χ2v) is 8.45. The first-order valence-electron chi connectivity index (χ1n) is 7.80. The molecule has 1 heterocycles. The van der Waals surface area contributed by atoms with Crippen molar-refractivity contribution in [2.45, 2.75) is 33.7 Å². The van der Waals surface area contributed by atoms with E-state index in [2.05, 4.69) is 15.4 Å². The van der Waals surface area contributed by atoms with Crippen molar-refractivity contribution in [1.29, 1.82) is 0 Å². The summed E-state index contributed by atoms with van der Waals surface area (Å²) < 4.78 is 24.4. The molecule has 24 heavy (non-hydrogen) atoms. The highest BCUT2D eigenvalue weighted by molar-refractivity contribution is 7.89. The Hall–Kier alpha value is -1.77. The van der Waals surface area contributed by atoms with E-state index in [1.165, 1.54) is 0 Å². The number of nitrogens with zero attached hydrogens (tertiary/aromatic N) is 3. The van der Waals surface area contributed by atoms with Gasteiger partial charge in [0.1, 0.15) is 5.82 Å². The standard InChI is InChI=1S/C16H25N5O2S/c1-12(18-10-16(3,4)11-24(17,22)23)15-19-13(2)21(20-15)14-8-6-5-7-9-14/h5-9,12,18H,10-11H2,1-4H3,(H2,17,22,23). The lowest BCUT2D eigenvalue weighted by atomic mass is 9.96. The SMILES string of the molecule is Cc1nc(C(C)NCC(C)(C)CS(N)(=O)=O)nn1-c1ccccc1. The van der Waals surface area contributed by atoms with Gasteiger partial charge in [-0.05, 0) is 31.4 Å². The van der Waals surface area contributed by atoms with Gasteiger partial charge >= 0.3 is 0 Å². The largest absolute Gasteiger partial charge is 0.307 e. The Balaban J connectivity index is 2.07. The van der Waals surface area contributed by atoms with Crippen LogP contribution in [0.1, 0.15) is 38.5 Å². The zero-order chi connectivity index (χ0) is 18.0. The third kappa shape index (κ3) is 5.12. The number of nitrogens with two attached hydrogens (primary N) is 1. The second-order valence-electron chi connectivity index (χ2n) is 6.84. The quantitative estimate of drug-likeness (QED) is 0.787. The van der Waals surface area contributed by atoms with Crippen molar-refractivity contribution >= 4 is 10.0 Å². The van der Waals surface area contributed by atoms with Crippen molar-refractivity contribution in [3.63, 3.8) is 0 Å². The van der Waals surface area contributed by atoms with Crippen LogP contribution in [0, 0.1) is 12.3 Å². The summed E-state index contributed by atoms with van der Waals surface area (Å²) in [7, 11) is -3.51. The number of para-hydroxylation sites is 1. The van der Waals surface area contributed by atoms with Gasteiger partial charge in [-0.25, -0.2) is 23.2 Å². The smallest absolute Gasteiger partial charge is 0.209 e. The lowest BCUT2D eigenvalue weighted by molar-refractivity contribution is 0.356. The summed E-state index contributed by atoms with van der Waals surface area (Å²) in [6, 6.07) is 9.70. The summed E-state index contributed by atoms with van der Waals surface area (Å²) in [4.78, 5) is 4.51. The van der Waals surface area contributed by atoms with Crippen molar-refractivity contribution in [2.75, 3.05) is 12.3 Å². The monoisotopic (exact) mass is 351 g/mol. The number of aromatic nitrogens is 3. The molecule has 0 aliphatic carbocycles. The van der Waals surface area contributed by atoms with Crippen LogP contribution in [0.2, 0.25) is 0 Å². The average molecular weight is 351 g/mol. The molecule has 0 spiro atoms. The van der Waals surface area contributed by atoms with Crippen molar-refractivity contribution in [3.8, 4) is 5.69 Å². The Morgan fingerprint density at radius 2 is 1.92 bits per heavy atom. The van der Waals surface area contributed by atoms with Gasteiger partial charge in [-0.1, -0.05) is 32.0 Å². The zero-order valence-electron chi connectivity index (χ0n) is 14.5. The molecule has 0 radical (unpaired) electrons. The molecule has 0 aliphatic heterocycles. The summed E-state index contributed by atoms with van der Waals surface area (Å²) >= 11 is 0. The molecule has 132 valence electrons. The first-order chi connectivity index (χ1) is 11.1. The number of rotatable bonds is 7. The van der Waals surface area contributed by atoms with Crippen molar-refractivity contribution in [2.24, 2.45) is 10.6 Å². The molecule has 1 unspecified atom stereocenters. The van der Waals surface area contributed by atoms with E-state index in [0.717, 1.165) is 11.5 Å². The maximum Gasteiger partial charge on any atom is 0.209 e. The number of hydrogen-bond acceptors (Lipinski definition) is 5. The predicted octanol–water partition coefficient (Wildman–Crippen LogP) is 1.54. The highest BCUT2D eigenvalue weighted by Gasteiger charge is 2.25. The zero-order valence-corrected chi connectivity index (χ0v) is 15.3. The molecule has 2 rings (SSSR count). The normalized spacial score (nSPS) is 13.9. The molecule has 0 aliphatic rings. The highest BCUT2D eigenvalue weighted by atomic mass is 32.2. The van der Waals surface area contributed by atoms with Gasteiger partial charge in [-0.2, -0.15) is 0 Å². The van der Waals surface area contributed by atoms with E-state index in [4.69, 9.17) is 5.14 Å². The number of aryl methyl sites for hydroxylation is 1. The van der Waals surface area contributed by atoms with E-state index in [1.807, 2.05) is 58.0 Å². The number of benzene rings is 1. The number of hydrogen-bond donors (Lipinski definition) is 2. The van der Waals surface area contributed by atoms with Gasteiger partial charge in [-0.15, -0.1) is 5.10 Å². The summed E-state index contributed by atoms with van der Waals surface area (Å²) in [5.74, 6) is 1.39. The molecule has 8 heteroatoms. The summed E-state index contributed by atoms with van der Waals surface area (Å²) in [6.45, 7) is 8.07. The Morgan fingerprint density at radius 3 is 2.50 bits per heavy atom. The molecule has 0 saturated heterocycles. The molecule has 0 fully saturated rings. The molecule has 7 nitrogen and oxygen atoms in total. The first kappa shape index (κ1) is 18.6. The number of primary sulfonamides is 1. The van der Waals surface area contributed by atoms with Gasteiger partial charge in [0.2, 0.25) is 10.0 Å². The van der Waals surface area contributed by atoms with Crippen molar-refractivity contribution in [3.05, 3.63) is 42.0 Å². The minimum absolute atomic E-state index is 0.0787. The fraction of sp³-hybridized carbons (Fsp3) is 0.500. The van der Waals surface area contributed by atoms with Crippen LogP contribution in [0.15, 0.2) is 30.3 Å². The summed E-state index contributed by atoms with van der Waals surface area (Å²) in [6.07, 6.45) is 0. The summed E-state index contributed by atoms with van der Waals surface area (Å²) in [5, 5.41) is 13.0. The molecule has 1 aromatic carbocycles. The van der Waals surface area contributed by atoms with E-state index in [9.17, 15) is 8.42 Å². The Bertz CT molecular complexity index is 784. The first-order valence-corrected chi connectivity index (χ1v) is 9.52. The van der Waals surface area contributed by atoms with E-state index in [-0.39, 0.29) is 11.8 Å². The topological polar surface area (TPSA) is 103 Å². The average Bonchev–Trinajstić information content (AvgIpc) is 2.85. The fourth-order valence-electron chi connectivity index (χ4n) is 2.52. The molecule has 3 N–H and O–H groups in total. The van der Waals surface area contributed by atoms with Crippen LogP contribution in [-0.2, 0) is 10.0 Å². The van der Waals surface area contributed by atoms with E-state index >= 15 is 0 Å². The minimum atomic E-state index is -3.51. The van der Waals surface area contributed by atoms with Crippen LogP contribution in [0.4, 0.5) is 0 Å². The predicted molar refractivity (Wildman–Crippen MR) is 94.3 cm³/mol. The lowest BCUT2D eigenvalue weighted by Crippen LogP contribution is -2.38. The van der Waals surface area contributed by atoms with Gasteiger partial charge in [0.05, 0.1) is 17.5 Å². The van der Waals surface area contributed by atoms with Gasteiger partial charge in [0.25, 0.3) is 0 Å². The van der Waals surface area contributed by atoms with Crippen molar-refractivity contribution < 1.29 is 8.42 Å². The summed E-state index contributed by atoms with van der Waals surface area (Å²) in [5.41, 5.74) is 0.481. The van der Waals surface area contributed by atoms with Crippen LogP contribution in [-0.4, -0.2) is 35.5 Å². The lowest BCUT2D eigenvalue weighted by Gasteiger charge is -2.25. The van der Waals surface area contributed by atoms with E-state index < -0.39 is 15.4 Å². The van der Waals surface area contributed by atoms with E-state index in [1.54, 1.807) is 4.68 Å². The van der Waals surface area contributed by atoms with E-state index in [0.29, 0.717) is 12.4 Å². The Morgan fingerprint density at radius 1 is 1.29 bits per heavy atom. The van der Waals surface area contributed by atoms with Crippen LogP contribution < -0.4 is 10.5 Å². The Kier molecular flexibility index (Phi) is 5.42. The van der Waals surface area contributed by atoms with Gasteiger partial charge in [-0.3, -0.25) is 0 Å². The molecule has 2 aromatic rings. The molecule has 0 amide bonds. The Labute approximate surface area is 143 Å². The molecule has 0 bridgehead atoms. The third-order valence-corrected chi connectivity index (χ3v) is 4.84. The molecular formula is C16H25N5O2S. The minimum Gasteiger partial charge on any atom is -0.307 e. The van der Waals surface area contributed by atoms with Gasteiger partial charge in [0.15, 0.2) is 5.82 Å². The van der Waals surface area contributed by atoms with Gasteiger partial charge < -0.3 is 5.32 Å². The number of sulfonamides is 1. The maximum atomic E-state index is 11.3. The van der Waals surface area contributed by atoms with Crippen LogP contribution in [0.3, 0.4) is 0 Å². The van der Waals surface area contributed by atoms with Crippen molar-refractivity contribution in [1.82, 2.24) is 20.1 Å². The molecule has 1 aromatic heterocycles. The van der Waals surface area contributed by atoms with Crippen LogP contribution >= 0.6 is 0 Å². The van der Waals surface area contributed by atoms with Gasteiger partial charge in [0, 0.05) is 6.54 Å². The molecule has 0 saturated carbocycles. The third-order valence-electron chi connectivity index (χ3n) is 3.65. The van der Waals surface area contributed by atoms with Crippen LogP contribution in [0.25, 0.3) is 5.69 Å².